The summed E-state index contributed by atoms with van der Waals surface area (Å²) in [6.45, 7) is 10.6. The van der Waals surface area contributed by atoms with Crippen molar-refractivity contribution in [1.29, 1.82) is 0 Å². The van der Waals surface area contributed by atoms with E-state index in [1.54, 1.807) is 7.11 Å². The van der Waals surface area contributed by atoms with Crippen molar-refractivity contribution in [3.05, 3.63) is 10.6 Å². The van der Waals surface area contributed by atoms with E-state index < -0.39 is 0 Å². The van der Waals surface area contributed by atoms with Crippen molar-refractivity contribution in [3.8, 4) is 0 Å². The molecule has 2 atom stereocenters. The van der Waals surface area contributed by atoms with Gasteiger partial charge in [-0.25, -0.2) is 0 Å². The van der Waals surface area contributed by atoms with E-state index in [4.69, 9.17) is 4.74 Å². The second-order valence-electron chi connectivity index (χ2n) is 5.37. The summed E-state index contributed by atoms with van der Waals surface area (Å²) in [6, 6.07) is 0.340. The second-order valence-corrected chi connectivity index (χ2v) is 6.15. The first kappa shape index (κ1) is 16.5. The predicted octanol–water partition coefficient (Wildman–Crippen LogP) is 3.37. The number of nitrogens with one attached hydrogen (secondary N) is 1. The molecule has 1 aromatic heterocycles. The van der Waals surface area contributed by atoms with Crippen molar-refractivity contribution < 1.29 is 4.74 Å². The molecule has 1 aromatic rings. The molecule has 0 spiro atoms. The Bertz CT molecular complexity index is 354. The fourth-order valence-electron chi connectivity index (χ4n) is 2.14. The van der Waals surface area contributed by atoms with E-state index in [2.05, 4.69) is 42.6 Å². The first-order valence-electron chi connectivity index (χ1n) is 7.16. The Labute approximate surface area is 121 Å². The highest BCUT2D eigenvalue weighted by Crippen LogP contribution is 2.32. The van der Waals surface area contributed by atoms with Crippen molar-refractivity contribution in [2.75, 3.05) is 20.3 Å². The van der Waals surface area contributed by atoms with Crippen LogP contribution in [-0.4, -0.2) is 29.8 Å². The number of hydrogen-bond acceptors (Lipinski definition) is 5. The van der Waals surface area contributed by atoms with Gasteiger partial charge in [-0.2, -0.15) is 0 Å². The third kappa shape index (κ3) is 4.82. The van der Waals surface area contributed by atoms with Crippen LogP contribution in [0, 0.1) is 5.92 Å². The molecule has 2 unspecified atom stereocenters. The van der Waals surface area contributed by atoms with Crippen LogP contribution in [-0.2, 0) is 4.74 Å². The molecule has 1 N–H and O–H groups in total. The number of rotatable bonds is 9. The maximum Gasteiger partial charge on any atom is 0.0829 e. The topological polar surface area (TPSA) is 47.0 Å². The van der Waals surface area contributed by atoms with Crippen LogP contribution in [0.25, 0.3) is 0 Å². The van der Waals surface area contributed by atoms with Gasteiger partial charge in [0.1, 0.15) is 0 Å². The SMILES string of the molecule is CCCNC(c1snnc1C(C)C)C(C)CCOC. The molecule has 0 aliphatic rings. The Morgan fingerprint density at radius 1 is 1.32 bits per heavy atom. The zero-order valence-electron chi connectivity index (χ0n) is 12.8. The molecule has 0 aliphatic carbocycles. The van der Waals surface area contributed by atoms with Crippen LogP contribution < -0.4 is 5.32 Å². The van der Waals surface area contributed by atoms with Crippen molar-refractivity contribution in [3.63, 3.8) is 0 Å². The Hall–Kier alpha value is -0.520. The fraction of sp³-hybridized carbons (Fsp3) is 0.857. The van der Waals surface area contributed by atoms with Crippen molar-refractivity contribution >= 4 is 11.5 Å². The number of ether oxygens (including phenoxy) is 1. The van der Waals surface area contributed by atoms with E-state index in [1.807, 2.05) is 0 Å². The van der Waals surface area contributed by atoms with E-state index in [1.165, 1.54) is 16.4 Å². The Kier molecular flexibility index (Phi) is 7.49. The number of methoxy groups -OCH3 is 1. The molecule has 110 valence electrons. The number of nitrogens with zero attached hydrogens (tertiary/aromatic N) is 2. The summed E-state index contributed by atoms with van der Waals surface area (Å²) in [6.07, 6.45) is 2.18. The minimum atomic E-state index is 0.340. The standard InChI is InChI=1S/C14H27N3OS/c1-6-8-15-13(11(4)7-9-18-5)14-12(10(2)3)16-17-19-14/h10-11,13,15H,6-9H2,1-5H3. The second kappa shape index (κ2) is 8.61. The summed E-state index contributed by atoms with van der Waals surface area (Å²) in [5, 5.41) is 7.96. The lowest BCUT2D eigenvalue weighted by atomic mass is 9.94. The number of aromatic nitrogens is 2. The maximum atomic E-state index is 5.21. The molecule has 0 aliphatic heterocycles. The zero-order chi connectivity index (χ0) is 14.3. The third-order valence-corrected chi connectivity index (χ3v) is 4.15. The van der Waals surface area contributed by atoms with Crippen LogP contribution in [0.4, 0.5) is 0 Å². The molecule has 0 fully saturated rings. The minimum Gasteiger partial charge on any atom is -0.385 e. The molecule has 0 saturated heterocycles. The highest BCUT2D eigenvalue weighted by atomic mass is 32.1. The van der Waals surface area contributed by atoms with Gasteiger partial charge >= 0.3 is 0 Å². The molecule has 5 heteroatoms. The molecule has 4 nitrogen and oxygen atoms in total. The molecule has 0 bridgehead atoms. The summed E-state index contributed by atoms with van der Waals surface area (Å²) in [5.74, 6) is 0.945. The van der Waals surface area contributed by atoms with Crippen LogP contribution in [0.5, 0.6) is 0 Å². The van der Waals surface area contributed by atoms with Gasteiger partial charge in [-0.05, 0) is 42.8 Å². The summed E-state index contributed by atoms with van der Waals surface area (Å²) in [4.78, 5) is 1.30. The van der Waals surface area contributed by atoms with Crippen LogP contribution in [0.1, 0.15) is 63.1 Å². The Morgan fingerprint density at radius 3 is 2.63 bits per heavy atom. The molecule has 0 radical (unpaired) electrons. The van der Waals surface area contributed by atoms with Gasteiger partial charge < -0.3 is 10.1 Å². The fourth-order valence-corrected chi connectivity index (χ4v) is 3.16. The minimum absolute atomic E-state index is 0.340. The number of hydrogen-bond donors (Lipinski definition) is 1. The smallest absolute Gasteiger partial charge is 0.0829 e. The molecule has 1 heterocycles. The summed E-state index contributed by atoms with van der Waals surface area (Å²) < 4.78 is 9.36. The van der Waals surface area contributed by atoms with Gasteiger partial charge in [0.25, 0.3) is 0 Å². The van der Waals surface area contributed by atoms with E-state index >= 15 is 0 Å². The molecule has 0 aromatic carbocycles. The van der Waals surface area contributed by atoms with E-state index in [0.29, 0.717) is 17.9 Å². The average Bonchev–Trinajstić information content (AvgIpc) is 2.86. The lowest BCUT2D eigenvalue weighted by Gasteiger charge is -2.25. The van der Waals surface area contributed by atoms with Crippen LogP contribution in [0.15, 0.2) is 0 Å². The lowest BCUT2D eigenvalue weighted by molar-refractivity contribution is 0.170. The van der Waals surface area contributed by atoms with Crippen LogP contribution in [0.3, 0.4) is 0 Å². The summed E-state index contributed by atoms with van der Waals surface area (Å²) in [7, 11) is 1.76. The van der Waals surface area contributed by atoms with Gasteiger partial charge in [-0.15, -0.1) is 5.10 Å². The first-order chi connectivity index (χ1) is 9.11. The van der Waals surface area contributed by atoms with Gasteiger partial charge in [0.05, 0.1) is 10.6 Å². The Morgan fingerprint density at radius 2 is 2.05 bits per heavy atom. The van der Waals surface area contributed by atoms with Gasteiger partial charge in [0, 0.05) is 19.8 Å². The van der Waals surface area contributed by atoms with E-state index in [0.717, 1.165) is 31.7 Å². The highest BCUT2D eigenvalue weighted by molar-refractivity contribution is 7.05. The predicted molar refractivity (Wildman–Crippen MR) is 80.7 cm³/mol. The highest BCUT2D eigenvalue weighted by Gasteiger charge is 2.25. The molecule has 0 amide bonds. The normalized spacial score (nSPS) is 14.8. The van der Waals surface area contributed by atoms with Crippen molar-refractivity contribution in [2.45, 2.75) is 52.5 Å². The summed E-state index contributed by atoms with van der Waals surface area (Å²) in [5.41, 5.74) is 1.14. The summed E-state index contributed by atoms with van der Waals surface area (Å²) >= 11 is 1.53. The lowest BCUT2D eigenvalue weighted by Crippen LogP contribution is -2.28. The first-order valence-corrected chi connectivity index (χ1v) is 7.93. The average molecular weight is 285 g/mol. The molecule has 19 heavy (non-hydrogen) atoms. The quantitative estimate of drug-likeness (QED) is 0.755. The van der Waals surface area contributed by atoms with E-state index in [9.17, 15) is 0 Å². The van der Waals surface area contributed by atoms with Gasteiger partial charge in [0.2, 0.25) is 0 Å². The third-order valence-electron chi connectivity index (χ3n) is 3.33. The molecule has 0 saturated carbocycles. The van der Waals surface area contributed by atoms with Crippen molar-refractivity contribution in [2.24, 2.45) is 5.92 Å². The van der Waals surface area contributed by atoms with Crippen LogP contribution in [0.2, 0.25) is 0 Å². The van der Waals surface area contributed by atoms with Gasteiger partial charge in [-0.1, -0.05) is 32.2 Å². The monoisotopic (exact) mass is 285 g/mol. The molecular weight excluding hydrogens is 258 g/mol. The Balaban J connectivity index is 2.85. The molecular formula is C14H27N3OS. The van der Waals surface area contributed by atoms with Crippen molar-refractivity contribution in [1.82, 2.24) is 14.9 Å². The van der Waals surface area contributed by atoms with E-state index in [-0.39, 0.29) is 0 Å². The zero-order valence-corrected chi connectivity index (χ0v) is 13.6. The van der Waals surface area contributed by atoms with Gasteiger partial charge in [0.15, 0.2) is 0 Å². The largest absolute Gasteiger partial charge is 0.385 e. The van der Waals surface area contributed by atoms with Gasteiger partial charge in [-0.3, -0.25) is 0 Å². The van der Waals surface area contributed by atoms with Crippen LogP contribution >= 0.6 is 11.5 Å². The maximum absolute atomic E-state index is 5.21. The molecule has 1 rings (SSSR count).